The minimum atomic E-state index is -1.59. The monoisotopic (exact) mass is 714 g/mol. The first-order valence-electron chi connectivity index (χ1n) is 17.2. The molecule has 12 nitrogen and oxygen atoms in total. The van der Waals surface area contributed by atoms with Crippen molar-refractivity contribution in [3.8, 4) is 5.75 Å². The number of H-pyrrole nitrogens is 2. The highest BCUT2D eigenvalue weighted by Crippen LogP contribution is 2.49. The van der Waals surface area contributed by atoms with Crippen molar-refractivity contribution in [3.05, 3.63) is 88.7 Å². The normalized spacial score (nSPS) is 25.1. The molecule has 4 heterocycles. The Kier molecular flexibility index (Phi) is 8.77. The minimum absolute atomic E-state index is 0.144. The molecule has 8 rings (SSSR count). The van der Waals surface area contributed by atoms with E-state index in [-0.39, 0.29) is 23.1 Å². The fourth-order valence-electron chi connectivity index (χ4n) is 7.77. The Morgan fingerprint density at radius 2 is 1.67 bits per heavy atom. The molecule has 266 valence electrons. The van der Waals surface area contributed by atoms with Crippen LogP contribution in [0.3, 0.4) is 0 Å². The summed E-state index contributed by atoms with van der Waals surface area (Å²) in [6, 6.07) is 18.4. The maximum Gasteiger partial charge on any atom is 0.274 e. The van der Waals surface area contributed by atoms with Gasteiger partial charge in [0.25, 0.3) is 11.8 Å². The van der Waals surface area contributed by atoms with Crippen molar-refractivity contribution in [3.63, 3.8) is 0 Å². The summed E-state index contributed by atoms with van der Waals surface area (Å²) in [6.07, 6.45) is -3.84. The topological polar surface area (TPSA) is 180 Å². The van der Waals surface area contributed by atoms with Gasteiger partial charge in [-0.25, -0.2) is 0 Å². The summed E-state index contributed by atoms with van der Waals surface area (Å²) in [5.41, 5.74) is 6.59. The fourth-order valence-corrected chi connectivity index (χ4v) is 7.97. The Morgan fingerprint density at radius 3 is 2.43 bits per heavy atom. The van der Waals surface area contributed by atoms with Crippen LogP contribution >= 0.6 is 11.6 Å². The number of ether oxygens (including phenoxy) is 2. The number of nitrogens with one attached hydrogen (secondary N) is 3. The number of aromatic amines is 2. The zero-order chi connectivity index (χ0) is 35.6. The number of carbonyl (C=O) groups excluding carboxylic acids is 2. The van der Waals surface area contributed by atoms with E-state index in [1.165, 1.54) is 0 Å². The van der Waals surface area contributed by atoms with Crippen LogP contribution in [0.2, 0.25) is 0 Å². The van der Waals surface area contributed by atoms with Gasteiger partial charge in [0.15, 0.2) is 0 Å². The quantitative estimate of drug-likeness (QED) is 0.122. The molecule has 1 aliphatic carbocycles. The van der Waals surface area contributed by atoms with Crippen LogP contribution in [0.5, 0.6) is 5.75 Å². The molecule has 0 spiro atoms. The Morgan fingerprint density at radius 1 is 0.941 bits per heavy atom. The lowest BCUT2D eigenvalue weighted by Crippen LogP contribution is -2.60. The second-order valence-electron chi connectivity index (χ2n) is 13.7. The smallest absolute Gasteiger partial charge is 0.274 e. The van der Waals surface area contributed by atoms with Crippen LogP contribution in [-0.2, 0) is 17.6 Å². The van der Waals surface area contributed by atoms with Gasteiger partial charge in [-0.3, -0.25) is 9.59 Å². The van der Waals surface area contributed by atoms with Gasteiger partial charge in [-0.05, 0) is 85.7 Å². The second kappa shape index (κ2) is 13.3. The molecule has 7 N–H and O–H groups in total. The van der Waals surface area contributed by atoms with Crippen molar-refractivity contribution >= 4 is 56.6 Å². The highest BCUT2D eigenvalue weighted by molar-refractivity contribution is 6.21. The first-order valence-corrected chi connectivity index (χ1v) is 17.7. The number of para-hydroxylation sites is 1. The number of anilines is 2. The summed E-state index contributed by atoms with van der Waals surface area (Å²) in [5.74, 6) is -0.294. The molecular weight excluding hydrogens is 676 g/mol. The molecular formula is C38H39ClN4O8. The molecule has 1 fully saturated rings. The number of hydrogen-bond acceptors (Lipinski definition) is 8. The average Bonchev–Trinajstić information content (AvgIpc) is 3.87. The van der Waals surface area contributed by atoms with E-state index in [2.05, 4.69) is 15.3 Å². The number of fused-ring (bicyclic) bond motifs is 5. The van der Waals surface area contributed by atoms with Gasteiger partial charge in [-0.15, -0.1) is 11.6 Å². The molecule has 3 aromatic carbocycles. The highest BCUT2D eigenvalue weighted by atomic mass is 35.5. The molecule has 51 heavy (non-hydrogen) atoms. The number of rotatable bonds is 7. The number of benzene rings is 3. The first kappa shape index (κ1) is 33.7. The molecule has 1 saturated heterocycles. The highest BCUT2D eigenvalue weighted by Gasteiger charge is 2.46. The molecule has 0 unspecified atom stereocenters. The summed E-state index contributed by atoms with van der Waals surface area (Å²) in [5, 5.41) is 45.5. The van der Waals surface area contributed by atoms with E-state index < -0.39 is 37.3 Å². The molecule has 0 bridgehead atoms. The number of halogens is 1. The Hall–Kier alpha value is -4.43. The molecule has 2 amide bonds. The lowest BCUT2D eigenvalue weighted by atomic mass is 9.82. The third kappa shape index (κ3) is 5.95. The van der Waals surface area contributed by atoms with E-state index in [9.17, 15) is 30.0 Å². The van der Waals surface area contributed by atoms with Crippen LogP contribution in [0, 0.1) is 0 Å². The molecule has 5 aromatic rings. The van der Waals surface area contributed by atoms with Gasteiger partial charge in [0.05, 0.1) is 12.3 Å². The minimum Gasteiger partial charge on any atom is -0.462 e. The summed E-state index contributed by atoms with van der Waals surface area (Å²) < 4.78 is 11.9. The van der Waals surface area contributed by atoms with E-state index >= 15 is 0 Å². The van der Waals surface area contributed by atoms with Crippen LogP contribution in [-0.4, -0.2) is 91.4 Å². The summed E-state index contributed by atoms with van der Waals surface area (Å²) >= 11 is 6.79. The lowest BCUT2D eigenvalue weighted by molar-refractivity contribution is -0.277. The van der Waals surface area contributed by atoms with E-state index in [4.69, 9.17) is 21.1 Å². The molecule has 0 saturated carbocycles. The van der Waals surface area contributed by atoms with Crippen LogP contribution < -0.4 is 15.0 Å². The van der Waals surface area contributed by atoms with Gasteiger partial charge in [0.2, 0.25) is 6.29 Å². The number of hydrogen-bond donors (Lipinski definition) is 7. The molecule has 0 radical (unpaired) electrons. The van der Waals surface area contributed by atoms with E-state index in [0.717, 1.165) is 57.8 Å². The van der Waals surface area contributed by atoms with Crippen molar-refractivity contribution in [2.75, 3.05) is 23.4 Å². The van der Waals surface area contributed by atoms with E-state index in [1.54, 1.807) is 29.2 Å². The number of alkyl halides is 1. The standard InChI is InChI=1S/C38H39ClN4O8/c1-18(39)24-16-43(29-15-30(22-7-3-4-8-23(22)32(24)29)50-38-35(47)34(46)33(45)31(17-44)51-38)37(49)28-14-20-12-21(10-11-26(20)42-28)40-36(48)27-13-19-6-2-5-9-25(19)41-27/h2,5-6,9-15,18,24,31,33-35,38,41-42,44-47H,3-4,7-8,16-17H2,1H3,(H,40,48)/t18-,24-,31+,33-,34-,35+,38+/m0/s1. The number of aromatic nitrogens is 2. The predicted molar refractivity (Wildman–Crippen MR) is 192 cm³/mol. The zero-order valence-electron chi connectivity index (χ0n) is 27.8. The van der Waals surface area contributed by atoms with E-state index in [1.807, 2.05) is 43.3 Å². The fraction of sp³-hybridized carbons (Fsp3) is 0.368. The second-order valence-corrected chi connectivity index (χ2v) is 14.4. The largest absolute Gasteiger partial charge is 0.462 e. The summed E-state index contributed by atoms with van der Waals surface area (Å²) in [6.45, 7) is 1.69. The first-order chi connectivity index (χ1) is 24.6. The van der Waals surface area contributed by atoms with Crippen LogP contribution in [0.4, 0.5) is 11.4 Å². The van der Waals surface area contributed by atoms with Crippen molar-refractivity contribution < 1.29 is 39.5 Å². The molecule has 2 aliphatic heterocycles. The van der Waals surface area contributed by atoms with Gasteiger partial charge < -0.3 is 50.1 Å². The van der Waals surface area contributed by atoms with Crippen LogP contribution in [0.1, 0.15) is 63.4 Å². The van der Waals surface area contributed by atoms with Gasteiger partial charge in [0, 0.05) is 51.4 Å². The van der Waals surface area contributed by atoms with Crippen LogP contribution in [0.15, 0.2) is 60.7 Å². The molecule has 2 aromatic heterocycles. The van der Waals surface area contributed by atoms with Crippen molar-refractivity contribution in [2.45, 2.75) is 74.6 Å². The average molecular weight is 715 g/mol. The van der Waals surface area contributed by atoms with Crippen LogP contribution in [0.25, 0.3) is 21.8 Å². The SMILES string of the molecule is C[C@H](Cl)[C@@H]1CN(C(=O)c2cc3cc(NC(=O)c4cc5ccccc5[nH]4)ccc3[nH]2)c2cc(O[C@@H]3O[C@H](CO)[C@H](O)[C@H](O)[C@H]3O)c3c(c21)CCCC3. The van der Waals surface area contributed by atoms with E-state index in [0.29, 0.717) is 41.5 Å². The summed E-state index contributed by atoms with van der Waals surface area (Å²) in [4.78, 5) is 35.5. The third-order valence-electron chi connectivity index (χ3n) is 10.4. The number of aliphatic hydroxyl groups excluding tert-OH is 4. The van der Waals surface area contributed by atoms with Crippen molar-refractivity contribution in [2.24, 2.45) is 0 Å². The van der Waals surface area contributed by atoms with Crippen molar-refractivity contribution in [1.29, 1.82) is 0 Å². The van der Waals surface area contributed by atoms with Gasteiger partial charge >= 0.3 is 0 Å². The molecule has 7 atom stereocenters. The number of aliphatic hydroxyl groups is 4. The third-order valence-corrected chi connectivity index (χ3v) is 10.8. The number of nitrogens with zero attached hydrogens (tertiary/aromatic N) is 1. The lowest BCUT2D eigenvalue weighted by Gasteiger charge is -2.40. The molecule has 13 heteroatoms. The maximum atomic E-state index is 14.3. The Bertz CT molecular complexity index is 2110. The van der Waals surface area contributed by atoms with Gasteiger partial charge in [-0.1, -0.05) is 18.2 Å². The summed E-state index contributed by atoms with van der Waals surface area (Å²) in [7, 11) is 0. The zero-order valence-corrected chi connectivity index (χ0v) is 28.6. The number of amides is 2. The van der Waals surface area contributed by atoms with Gasteiger partial charge in [-0.2, -0.15) is 0 Å². The van der Waals surface area contributed by atoms with Gasteiger partial charge in [0.1, 0.15) is 41.6 Å². The predicted octanol–water partition coefficient (Wildman–Crippen LogP) is 4.33. The maximum absolute atomic E-state index is 14.3. The number of carbonyl (C=O) groups is 2. The molecule has 3 aliphatic rings. The Labute approximate surface area is 297 Å². The Balaban J connectivity index is 1.10. The van der Waals surface area contributed by atoms with Crippen molar-refractivity contribution in [1.82, 2.24) is 9.97 Å².